The number of carbonyl (C=O) groups is 6. The van der Waals surface area contributed by atoms with Crippen LogP contribution < -0.4 is 26.6 Å². The number of benzene rings is 1. The summed E-state index contributed by atoms with van der Waals surface area (Å²) in [5, 5.41) is 25.5. The van der Waals surface area contributed by atoms with Crippen LogP contribution in [0.5, 0.6) is 0 Å². The number of aromatic amines is 2. The highest BCUT2D eigenvalue weighted by Gasteiger charge is 2.34. The fourth-order valence-electron chi connectivity index (χ4n) is 6.40. The van der Waals surface area contributed by atoms with E-state index < -0.39 is 77.9 Å². The number of ether oxygens (including phenoxy) is 1. The molecule has 0 saturated heterocycles. The summed E-state index contributed by atoms with van der Waals surface area (Å²) in [5.74, 6) is -3.89. The first-order chi connectivity index (χ1) is 27.9. The average molecular weight is 816 g/mol. The van der Waals surface area contributed by atoms with Crippen molar-refractivity contribution in [1.82, 2.24) is 46.5 Å². The van der Waals surface area contributed by atoms with Crippen molar-refractivity contribution in [2.24, 2.45) is 11.8 Å². The molecule has 318 valence electrons. The molecule has 6 amide bonds. The van der Waals surface area contributed by atoms with Crippen molar-refractivity contribution in [3.05, 3.63) is 84.3 Å². The molecule has 4 rings (SSSR count). The van der Waals surface area contributed by atoms with E-state index >= 15 is 0 Å². The second-order valence-corrected chi connectivity index (χ2v) is 16.1. The van der Waals surface area contributed by atoms with Crippen LogP contribution in [-0.4, -0.2) is 96.5 Å². The van der Waals surface area contributed by atoms with Gasteiger partial charge in [-0.15, -0.1) is 0 Å². The van der Waals surface area contributed by atoms with Crippen molar-refractivity contribution in [3.8, 4) is 0 Å². The molecule has 3 aromatic heterocycles. The Morgan fingerprint density at radius 3 is 2.19 bits per heavy atom. The topological polar surface area (TPSA) is 249 Å². The van der Waals surface area contributed by atoms with Gasteiger partial charge in [-0.05, 0) is 62.8 Å². The van der Waals surface area contributed by atoms with Crippen LogP contribution in [0.2, 0.25) is 0 Å². The maximum atomic E-state index is 14.1. The fraction of sp³-hybridized carbons (Fsp3) is 0.476. The van der Waals surface area contributed by atoms with Gasteiger partial charge in [-0.25, -0.2) is 9.78 Å². The molecule has 0 saturated carbocycles. The number of imide groups is 1. The highest BCUT2D eigenvalue weighted by molar-refractivity contribution is 6.06. The lowest BCUT2D eigenvalue weighted by Gasteiger charge is -2.29. The second-order valence-electron chi connectivity index (χ2n) is 16.1. The molecule has 6 atom stereocenters. The molecule has 0 unspecified atom stereocenters. The number of carbonyl (C=O) groups excluding carboxylic acids is 6. The molecular weight excluding hydrogens is 759 g/mol. The number of imidazole rings is 1. The number of pyridine rings is 1. The molecule has 0 radical (unpaired) electrons. The van der Waals surface area contributed by atoms with Crippen LogP contribution in [0.3, 0.4) is 0 Å². The van der Waals surface area contributed by atoms with Crippen molar-refractivity contribution in [1.29, 1.82) is 0 Å². The Morgan fingerprint density at radius 1 is 0.847 bits per heavy atom. The summed E-state index contributed by atoms with van der Waals surface area (Å²) >= 11 is 0. The van der Waals surface area contributed by atoms with E-state index in [1.54, 1.807) is 46.0 Å². The Kier molecular flexibility index (Phi) is 16.3. The van der Waals surface area contributed by atoms with Gasteiger partial charge in [0.05, 0.1) is 24.9 Å². The van der Waals surface area contributed by atoms with Crippen LogP contribution in [0.4, 0.5) is 4.79 Å². The number of aliphatic hydroxyl groups is 1. The van der Waals surface area contributed by atoms with Crippen molar-refractivity contribution in [3.63, 3.8) is 0 Å². The quantitative estimate of drug-likeness (QED) is 0.0687. The highest BCUT2D eigenvalue weighted by Crippen LogP contribution is 2.20. The molecule has 17 heteroatoms. The summed E-state index contributed by atoms with van der Waals surface area (Å²) in [6.07, 6.45) is 4.16. The van der Waals surface area contributed by atoms with E-state index in [1.165, 1.54) is 24.8 Å². The molecule has 59 heavy (non-hydrogen) atoms. The molecule has 0 fully saturated rings. The van der Waals surface area contributed by atoms with Crippen LogP contribution >= 0.6 is 0 Å². The molecule has 8 N–H and O–H groups in total. The molecule has 17 nitrogen and oxygen atoms in total. The molecular formula is C42H57N9O8. The van der Waals surface area contributed by atoms with E-state index in [4.69, 9.17) is 4.74 Å². The van der Waals surface area contributed by atoms with Crippen molar-refractivity contribution in [2.75, 3.05) is 0 Å². The number of nitrogens with zero attached hydrogens (tertiary/aromatic N) is 2. The molecule has 4 aromatic rings. The summed E-state index contributed by atoms with van der Waals surface area (Å²) < 4.78 is 5.47. The predicted octanol–water partition coefficient (Wildman–Crippen LogP) is 3.22. The van der Waals surface area contributed by atoms with Crippen LogP contribution in [-0.2, 0) is 36.8 Å². The van der Waals surface area contributed by atoms with Gasteiger partial charge in [-0.3, -0.25) is 34.3 Å². The summed E-state index contributed by atoms with van der Waals surface area (Å²) in [4.78, 5) is 94.6. The molecule has 0 spiro atoms. The lowest BCUT2D eigenvalue weighted by Crippen LogP contribution is -2.58. The zero-order valence-corrected chi connectivity index (χ0v) is 34.6. The van der Waals surface area contributed by atoms with Gasteiger partial charge < -0.3 is 41.1 Å². The van der Waals surface area contributed by atoms with Gasteiger partial charge in [-0.2, -0.15) is 0 Å². The standard InChI is InChI=1S/C42H57N9O8/c1-8-25(4)36(40(57)51-37(54)30-15-11-12-16-44-30)50-35(53)20-34(52)31(17-24(2)3)47-39(56)33(19-27-22-43-23-46-27)48-38(55)32(49-41(58)59-42(5,6)7)18-26-21-45-29-14-10-9-13-28(26)29/h9-16,21-25,31-34,36,45,52H,8,17-20H2,1-7H3,(H,43,46)(H,47,56)(H,48,55)(H,49,58)(H,50,53)(H,51,54,57)/t25-,31-,32+,33-,34-,36-/m0/s1. The third-order valence-electron chi connectivity index (χ3n) is 9.58. The summed E-state index contributed by atoms with van der Waals surface area (Å²) in [5.41, 5.74) is 1.29. The van der Waals surface area contributed by atoms with E-state index in [9.17, 15) is 33.9 Å². The van der Waals surface area contributed by atoms with Crippen LogP contribution in [0.15, 0.2) is 67.4 Å². The number of rotatable bonds is 19. The van der Waals surface area contributed by atoms with E-state index in [0.717, 1.165) is 16.5 Å². The minimum absolute atomic E-state index is 0.0300. The minimum Gasteiger partial charge on any atom is -0.444 e. The Labute approximate surface area is 343 Å². The summed E-state index contributed by atoms with van der Waals surface area (Å²) in [7, 11) is 0. The number of H-pyrrole nitrogens is 2. The molecule has 0 bridgehead atoms. The maximum Gasteiger partial charge on any atom is 0.408 e. The van der Waals surface area contributed by atoms with E-state index in [-0.39, 0.29) is 36.8 Å². The Hall–Kier alpha value is -6.10. The number of nitrogens with one attached hydrogen (secondary N) is 7. The lowest BCUT2D eigenvalue weighted by molar-refractivity contribution is -0.132. The number of alkyl carbamates (subject to hydrolysis) is 1. The number of fused-ring (bicyclic) bond motifs is 1. The number of aliphatic hydroxyl groups excluding tert-OH is 1. The van der Waals surface area contributed by atoms with Crippen LogP contribution in [0, 0.1) is 11.8 Å². The smallest absolute Gasteiger partial charge is 0.408 e. The van der Waals surface area contributed by atoms with Crippen molar-refractivity contribution < 1.29 is 38.6 Å². The molecule has 0 aliphatic rings. The maximum absolute atomic E-state index is 14.1. The van der Waals surface area contributed by atoms with Gasteiger partial charge in [-0.1, -0.05) is 58.4 Å². The first-order valence-electron chi connectivity index (χ1n) is 19.8. The predicted molar refractivity (Wildman–Crippen MR) is 219 cm³/mol. The second kappa shape index (κ2) is 21.1. The minimum atomic E-state index is -1.41. The SMILES string of the molecule is CC[C@H](C)[C@H](NC(=O)C[C@H](O)[C@H](CC(C)C)NC(=O)[C@H](Cc1cnc[nH]1)NC(=O)[C@@H](Cc1c[nH]c2ccccc12)NC(=O)OC(C)(C)C)C(=O)NC(=O)c1ccccn1. The first-order valence-corrected chi connectivity index (χ1v) is 19.8. The van der Waals surface area contributed by atoms with Gasteiger partial charge in [0.25, 0.3) is 5.91 Å². The Morgan fingerprint density at radius 2 is 1.54 bits per heavy atom. The molecule has 1 aromatic carbocycles. The third kappa shape index (κ3) is 14.1. The number of hydrogen-bond acceptors (Lipinski definition) is 10. The van der Waals surface area contributed by atoms with Crippen LogP contribution in [0.25, 0.3) is 10.9 Å². The third-order valence-corrected chi connectivity index (χ3v) is 9.58. The zero-order chi connectivity index (χ0) is 43.3. The number of aromatic nitrogens is 4. The molecule has 0 aliphatic carbocycles. The monoisotopic (exact) mass is 815 g/mol. The summed E-state index contributed by atoms with van der Waals surface area (Å²) in [6, 6.07) is 7.75. The van der Waals surface area contributed by atoms with Crippen molar-refractivity contribution >= 4 is 46.5 Å². The van der Waals surface area contributed by atoms with Gasteiger partial charge >= 0.3 is 6.09 Å². The van der Waals surface area contributed by atoms with Gasteiger partial charge in [0.1, 0.15) is 29.4 Å². The number of para-hydroxylation sites is 1. The van der Waals surface area contributed by atoms with E-state index in [0.29, 0.717) is 12.1 Å². The van der Waals surface area contributed by atoms with Gasteiger partial charge in [0, 0.05) is 48.0 Å². The van der Waals surface area contributed by atoms with Crippen molar-refractivity contribution in [2.45, 2.75) is 116 Å². The fourth-order valence-corrected chi connectivity index (χ4v) is 6.40. The zero-order valence-electron chi connectivity index (χ0n) is 34.6. The van der Waals surface area contributed by atoms with Gasteiger partial charge in [0.2, 0.25) is 23.6 Å². The number of amides is 6. The van der Waals surface area contributed by atoms with Gasteiger partial charge in [0.15, 0.2) is 0 Å². The Bertz CT molecular complexity index is 2030. The highest BCUT2D eigenvalue weighted by atomic mass is 16.6. The normalized spacial score (nSPS) is 14.6. The largest absolute Gasteiger partial charge is 0.444 e. The average Bonchev–Trinajstić information content (AvgIpc) is 3.85. The van der Waals surface area contributed by atoms with E-state index in [1.807, 2.05) is 45.0 Å². The first kappa shape index (κ1) is 45.6. The molecule has 0 aliphatic heterocycles. The summed E-state index contributed by atoms with van der Waals surface area (Å²) in [6.45, 7) is 12.4. The van der Waals surface area contributed by atoms with Crippen LogP contribution in [0.1, 0.15) is 89.5 Å². The number of hydrogen-bond donors (Lipinski definition) is 8. The van der Waals surface area contributed by atoms with E-state index in [2.05, 4.69) is 46.5 Å². The molecule has 3 heterocycles. The lowest BCUT2D eigenvalue weighted by atomic mass is 9.95. The Balaban J connectivity index is 1.51.